The molecule has 2 amide bonds. The summed E-state index contributed by atoms with van der Waals surface area (Å²) >= 11 is 12.3. The Bertz CT molecular complexity index is 1750. The molecule has 1 N–H and O–H groups in total. The summed E-state index contributed by atoms with van der Waals surface area (Å²) < 4.78 is 43.6. The van der Waals surface area contributed by atoms with Crippen LogP contribution in [-0.2, 0) is 4.79 Å². The highest BCUT2D eigenvalue weighted by atomic mass is 35.5. The van der Waals surface area contributed by atoms with Gasteiger partial charge in [-0.3, -0.25) is 24.2 Å². The van der Waals surface area contributed by atoms with Gasteiger partial charge in [0.05, 0.1) is 45.6 Å². The van der Waals surface area contributed by atoms with Gasteiger partial charge in [0.2, 0.25) is 5.91 Å². The predicted octanol–water partition coefficient (Wildman–Crippen LogP) is 6.27. The lowest BCUT2D eigenvalue weighted by Gasteiger charge is -2.20. The number of hydrogen-bond donors (Lipinski definition) is 1. The molecule has 9 nitrogen and oxygen atoms in total. The van der Waals surface area contributed by atoms with Gasteiger partial charge in [-0.05, 0) is 43.9 Å². The molecule has 3 aromatic heterocycles. The van der Waals surface area contributed by atoms with E-state index in [9.17, 15) is 22.8 Å². The number of anilines is 2. The summed E-state index contributed by atoms with van der Waals surface area (Å²) in [7, 11) is 0. The first-order chi connectivity index (χ1) is 20.0. The number of aryl methyl sites for hydroxylation is 1. The van der Waals surface area contributed by atoms with Crippen molar-refractivity contribution >= 4 is 46.5 Å². The molecule has 6 rings (SSSR count). The van der Waals surface area contributed by atoms with Crippen LogP contribution in [0.4, 0.5) is 24.7 Å². The van der Waals surface area contributed by atoms with Crippen molar-refractivity contribution in [3.05, 3.63) is 81.4 Å². The normalized spacial score (nSPS) is 18.4. The molecule has 1 aliphatic heterocycles. The van der Waals surface area contributed by atoms with Crippen molar-refractivity contribution < 1.29 is 22.8 Å². The fourth-order valence-corrected chi connectivity index (χ4v) is 5.52. The van der Waals surface area contributed by atoms with Crippen LogP contribution in [0.2, 0.25) is 10.0 Å². The molecule has 1 saturated heterocycles. The average molecular weight is 616 g/mol. The van der Waals surface area contributed by atoms with E-state index < -0.39 is 29.3 Å². The minimum Gasteiger partial charge on any atom is -0.318 e. The van der Waals surface area contributed by atoms with Crippen molar-refractivity contribution in [1.29, 1.82) is 0 Å². The fraction of sp³-hybridized carbons (Fsp3) is 0.286. The molecule has 1 saturated carbocycles. The standard InChI is InChI=1S/C28H22Cl2F3N7O2/c1-12-24(38-21(9-34-12)22-17(25(32)33)3-4-19(29)23(22)31)27(41)37-16-8-36-40(11-16)13(2)14-6-20(30)26(35-7-14)39-10-15-5-18(15)28(39)42/h3-4,6-9,11,13,15,18,25H,5,10H2,1-2H3,(H,37,41)/t13?,15-,18-/m1/s1. The SMILES string of the molecule is Cc1ncc(-c2c(C(F)F)ccc(Cl)c2F)nc1C(=O)Nc1cnn(C(C)c2cnc(N3C[C@H]4C[C@H]4C3=O)c(Cl)c2)c1. The molecular weight excluding hydrogens is 594 g/mol. The highest BCUT2D eigenvalue weighted by Crippen LogP contribution is 2.48. The number of nitrogens with zero attached hydrogens (tertiary/aromatic N) is 6. The number of carbonyl (C=O) groups excluding carboxylic acids is 2. The van der Waals surface area contributed by atoms with E-state index in [0.29, 0.717) is 29.0 Å². The molecule has 1 aromatic carbocycles. The van der Waals surface area contributed by atoms with Crippen LogP contribution in [0, 0.1) is 24.6 Å². The third kappa shape index (κ3) is 4.98. The number of halogens is 5. The first-order valence-corrected chi connectivity index (χ1v) is 13.7. The van der Waals surface area contributed by atoms with E-state index in [0.717, 1.165) is 30.3 Å². The van der Waals surface area contributed by atoms with Crippen LogP contribution in [0.15, 0.2) is 43.0 Å². The molecule has 3 atom stereocenters. The fourth-order valence-electron chi connectivity index (χ4n) is 5.09. The van der Waals surface area contributed by atoms with Crippen molar-refractivity contribution in [1.82, 2.24) is 24.7 Å². The van der Waals surface area contributed by atoms with Gasteiger partial charge in [-0.25, -0.2) is 23.1 Å². The van der Waals surface area contributed by atoms with E-state index in [2.05, 4.69) is 25.4 Å². The topological polar surface area (TPSA) is 106 Å². The van der Waals surface area contributed by atoms with Crippen LogP contribution < -0.4 is 10.2 Å². The summed E-state index contributed by atoms with van der Waals surface area (Å²) in [5.74, 6) is -0.810. The molecular formula is C28H22Cl2F3N7O2. The first kappa shape index (κ1) is 28.1. The van der Waals surface area contributed by atoms with E-state index >= 15 is 0 Å². The molecule has 1 aliphatic carbocycles. The molecule has 42 heavy (non-hydrogen) atoms. The number of amides is 2. The maximum Gasteiger partial charge on any atom is 0.276 e. The lowest BCUT2D eigenvalue weighted by Crippen LogP contribution is -2.29. The monoisotopic (exact) mass is 615 g/mol. The molecule has 216 valence electrons. The summed E-state index contributed by atoms with van der Waals surface area (Å²) in [5.41, 5.74) is -0.340. The number of hydrogen-bond acceptors (Lipinski definition) is 6. The number of carbonyl (C=O) groups is 2. The molecule has 4 heterocycles. The number of nitrogens with one attached hydrogen (secondary N) is 1. The smallest absolute Gasteiger partial charge is 0.276 e. The number of fused-ring (bicyclic) bond motifs is 1. The second-order valence-electron chi connectivity index (χ2n) is 10.3. The van der Waals surface area contributed by atoms with E-state index in [1.165, 1.54) is 13.1 Å². The van der Waals surface area contributed by atoms with Crippen LogP contribution in [-0.4, -0.2) is 43.1 Å². The molecule has 1 unspecified atom stereocenters. The van der Waals surface area contributed by atoms with Gasteiger partial charge in [0.15, 0.2) is 11.6 Å². The Morgan fingerprint density at radius 2 is 1.93 bits per heavy atom. The zero-order chi connectivity index (χ0) is 29.9. The number of aromatic nitrogens is 5. The summed E-state index contributed by atoms with van der Waals surface area (Å²) in [4.78, 5) is 39.9. The van der Waals surface area contributed by atoms with Crippen LogP contribution >= 0.6 is 23.2 Å². The summed E-state index contributed by atoms with van der Waals surface area (Å²) in [6.45, 7) is 4.00. The van der Waals surface area contributed by atoms with Gasteiger partial charge in [0.1, 0.15) is 5.69 Å². The summed E-state index contributed by atoms with van der Waals surface area (Å²) in [5, 5.41) is 6.97. The number of piperidine rings is 1. The Morgan fingerprint density at radius 3 is 2.62 bits per heavy atom. The van der Waals surface area contributed by atoms with Gasteiger partial charge < -0.3 is 5.32 Å². The minimum absolute atomic E-state index is 0.0558. The van der Waals surface area contributed by atoms with Crippen molar-refractivity contribution in [3.8, 4) is 11.3 Å². The Kier molecular flexibility index (Phi) is 7.14. The van der Waals surface area contributed by atoms with Gasteiger partial charge in [0, 0.05) is 36.0 Å². The van der Waals surface area contributed by atoms with Crippen molar-refractivity contribution in [3.63, 3.8) is 0 Å². The average Bonchev–Trinajstić information content (AvgIpc) is 3.46. The zero-order valence-electron chi connectivity index (χ0n) is 22.2. The van der Waals surface area contributed by atoms with E-state index in [1.54, 1.807) is 28.0 Å². The van der Waals surface area contributed by atoms with Gasteiger partial charge in [-0.15, -0.1) is 0 Å². The van der Waals surface area contributed by atoms with Crippen LogP contribution in [0.3, 0.4) is 0 Å². The minimum atomic E-state index is -3.01. The quantitative estimate of drug-likeness (QED) is 0.263. The Labute approximate surface area is 247 Å². The van der Waals surface area contributed by atoms with Gasteiger partial charge in [-0.2, -0.15) is 5.10 Å². The van der Waals surface area contributed by atoms with Crippen molar-refractivity contribution in [2.45, 2.75) is 32.7 Å². The molecule has 2 aliphatic rings. The number of rotatable bonds is 7. The van der Waals surface area contributed by atoms with E-state index in [1.807, 2.05) is 6.92 Å². The van der Waals surface area contributed by atoms with E-state index in [-0.39, 0.29) is 40.0 Å². The summed E-state index contributed by atoms with van der Waals surface area (Å²) in [6, 6.07) is 3.44. The Balaban J connectivity index is 1.20. The second-order valence-corrected chi connectivity index (χ2v) is 11.1. The van der Waals surface area contributed by atoms with Crippen LogP contribution in [0.1, 0.15) is 53.1 Å². The number of pyridine rings is 1. The Hall–Kier alpha value is -4.03. The van der Waals surface area contributed by atoms with Crippen LogP contribution in [0.25, 0.3) is 11.3 Å². The molecule has 14 heteroatoms. The van der Waals surface area contributed by atoms with Gasteiger partial charge in [0.25, 0.3) is 12.3 Å². The maximum atomic E-state index is 14.8. The highest BCUT2D eigenvalue weighted by molar-refractivity contribution is 6.33. The molecule has 0 spiro atoms. The molecule has 0 radical (unpaired) electrons. The van der Waals surface area contributed by atoms with Crippen molar-refractivity contribution in [2.24, 2.45) is 11.8 Å². The lowest BCUT2D eigenvalue weighted by atomic mass is 10.0. The number of alkyl halides is 2. The Morgan fingerprint density at radius 1 is 1.14 bits per heavy atom. The van der Waals surface area contributed by atoms with Gasteiger partial charge in [-0.1, -0.05) is 29.3 Å². The summed E-state index contributed by atoms with van der Waals surface area (Å²) in [6.07, 6.45) is 3.67. The highest BCUT2D eigenvalue weighted by Gasteiger charge is 2.53. The largest absolute Gasteiger partial charge is 0.318 e. The zero-order valence-corrected chi connectivity index (χ0v) is 23.7. The number of benzene rings is 1. The lowest BCUT2D eigenvalue weighted by molar-refractivity contribution is -0.118. The third-order valence-corrected chi connectivity index (χ3v) is 8.12. The predicted molar refractivity (Wildman–Crippen MR) is 149 cm³/mol. The van der Waals surface area contributed by atoms with Crippen LogP contribution in [0.5, 0.6) is 0 Å². The van der Waals surface area contributed by atoms with Gasteiger partial charge >= 0.3 is 0 Å². The van der Waals surface area contributed by atoms with Crippen molar-refractivity contribution in [2.75, 3.05) is 16.8 Å². The molecule has 4 aromatic rings. The maximum absolute atomic E-state index is 14.8. The first-order valence-electron chi connectivity index (χ1n) is 13.0. The molecule has 0 bridgehead atoms. The van der Waals surface area contributed by atoms with E-state index in [4.69, 9.17) is 23.2 Å². The third-order valence-electron chi connectivity index (χ3n) is 7.55. The second kappa shape index (κ2) is 10.7. The molecule has 2 fully saturated rings.